The van der Waals surface area contributed by atoms with Gasteiger partial charge in [0, 0.05) is 16.7 Å². The van der Waals surface area contributed by atoms with Crippen molar-refractivity contribution >= 4 is 11.8 Å². The summed E-state index contributed by atoms with van der Waals surface area (Å²) in [4.78, 5) is 1.33. The van der Waals surface area contributed by atoms with Crippen molar-refractivity contribution in [3.8, 4) is 0 Å². The van der Waals surface area contributed by atoms with Crippen LogP contribution in [-0.2, 0) is 0 Å². The van der Waals surface area contributed by atoms with Crippen molar-refractivity contribution in [1.82, 2.24) is 5.32 Å². The molecule has 0 heterocycles. The highest BCUT2D eigenvalue weighted by molar-refractivity contribution is 7.99. The van der Waals surface area contributed by atoms with Gasteiger partial charge < -0.3 is 5.32 Å². The van der Waals surface area contributed by atoms with Gasteiger partial charge >= 0.3 is 0 Å². The lowest BCUT2D eigenvalue weighted by Crippen LogP contribution is -2.24. The van der Waals surface area contributed by atoms with Crippen molar-refractivity contribution in [3.05, 3.63) is 66.2 Å². The molecule has 2 aromatic carbocycles. The first-order chi connectivity index (χ1) is 9.40. The normalized spacial score (nSPS) is 12.3. The van der Waals surface area contributed by atoms with Crippen LogP contribution >= 0.6 is 11.8 Å². The molecule has 2 aromatic rings. The second-order valence-electron chi connectivity index (χ2n) is 4.54. The quantitative estimate of drug-likeness (QED) is 0.743. The van der Waals surface area contributed by atoms with E-state index < -0.39 is 0 Å². The third-order valence-corrected chi connectivity index (χ3v) is 4.11. The van der Waals surface area contributed by atoms with Gasteiger partial charge in [0.15, 0.2) is 0 Å². The van der Waals surface area contributed by atoms with Gasteiger partial charge in [-0.25, -0.2) is 0 Å². The van der Waals surface area contributed by atoms with Crippen LogP contribution < -0.4 is 5.32 Å². The average molecular weight is 271 g/mol. The first kappa shape index (κ1) is 14.2. The van der Waals surface area contributed by atoms with Crippen LogP contribution in [0.1, 0.15) is 24.9 Å². The van der Waals surface area contributed by atoms with E-state index in [-0.39, 0.29) is 0 Å². The van der Waals surface area contributed by atoms with Crippen LogP contribution in [0.5, 0.6) is 0 Å². The Kier molecular flexibility index (Phi) is 5.99. The molecular formula is C17H21NS. The summed E-state index contributed by atoms with van der Waals surface area (Å²) in [6, 6.07) is 21.7. The van der Waals surface area contributed by atoms with E-state index in [1.165, 1.54) is 16.9 Å². The second-order valence-corrected chi connectivity index (χ2v) is 5.63. The molecule has 0 bridgehead atoms. The average Bonchev–Trinajstić information content (AvgIpc) is 2.49. The molecule has 0 amide bonds. The zero-order chi connectivity index (χ0) is 13.3. The Hall–Kier alpha value is -1.25. The van der Waals surface area contributed by atoms with E-state index in [9.17, 15) is 0 Å². The first-order valence-electron chi connectivity index (χ1n) is 6.86. The highest BCUT2D eigenvalue weighted by Gasteiger charge is 2.10. The summed E-state index contributed by atoms with van der Waals surface area (Å²) < 4.78 is 0. The lowest BCUT2D eigenvalue weighted by atomic mass is 10.1. The molecule has 0 saturated heterocycles. The molecule has 0 aromatic heterocycles. The smallest absolute Gasteiger partial charge is 0.0415 e. The fraction of sp³-hybridized carbons (Fsp3) is 0.294. The van der Waals surface area contributed by atoms with E-state index in [4.69, 9.17) is 0 Å². The largest absolute Gasteiger partial charge is 0.309 e. The zero-order valence-corrected chi connectivity index (χ0v) is 12.2. The van der Waals surface area contributed by atoms with E-state index in [1.807, 2.05) is 11.8 Å². The summed E-state index contributed by atoms with van der Waals surface area (Å²) in [6.07, 6.45) is 1.17. The summed E-state index contributed by atoms with van der Waals surface area (Å²) in [5.74, 6) is 1.06. The second kappa shape index (κ2) is 8.03. The zero-order valence-electron chi connectivity index (χ0n) is 11.4. The van der Waals surface area contributed by atoms with Gasteiger partial charge in [-0.15, -0.1) is 11.8 Å². The predicted octanol–water partition coefficient (Wildman–Crippen LogP) is 4.52. The molecule has 1 atom stereocenters. The third kappa shape index (κ3) is 4.73. The van der Waals surface area contributed by atoms with Crippen LogP contribution in [0.2, 0.25) is 0 Å². The van der Waals surface area contributed by atoms with Gasteiger partial charge in [0.25, 0.3) is 0 Å². The fourth-order valence-electron chi connectivity index (χ4n) is 1.97. The minimum atomic E-state index is 0.423. The van der Waals surface area contributed by atoms with Crippen molar-refractivity contribution in [1.29, 1.82) is 0 Å². The maximum absolute atomic E-state index is 3.64. The Balaban J connectivity index is 1.98. The summed E-state index contributed by atoms with van der Waals surface area (Å²) in [7, 11) is 0. The van der Waals surface area contributed by atoms with Crippen LogP contribution in [-0.4, -0.2) is 12.3 Å². The number of hydrogen-bond acceptors (Lipinski definition) is 2. The van der Waals surface area contributed by atoms with E-state index >= 15 is 0 Å². The Morgan fingerprint density at radius 1 is 0.947 bits per heavy atom. The van der Waals surface area contributed by atoms with Crippen molar-refractivity contribution in [2.24, 2.45) is 0 Å². The third-order valence-electron chi connectivity index (χ3n) is 3.00. The Morgan fingerprint density at radius 2 is 1.58 bits per heavy atom. The maximum atomic E-state index is 3.64. The van der Waals surface area contributed by atoms with Crippen LogP contribution in [0.4, 0.5) is 0 Å². The topological polar surface area (TPSA) is 12.0 Å². The van der Waals surface area contributed by atoms with Gasteiger partial charge in [-0.2, -0.15) is 0 Å². The molecule has 100 valence electrons. The van der Waals surface area contributed by atoms with Gasteiger partial charge in [-0.1, -0.05) is 55.5 Å². The molecule has 19 heavy (non-hydrogen) atoms. The molecule has 0 saturated carbocycles. The molecule has 1 N–H and O–H groups in total. The predicted molar refractivity (Wildman–Crippen MR) is 84.6 cm³/mol. The van der Waals surface area contributed by atoms with Crippen molar-refractivity contribution in [3.63, 3.8) is 0 Å². The molecule has 0 spiro atoms. The number of rotatable bonds is 7. The highest BCUT2D eigenvalue weighted by Crippen LogP contribution is 2.24. The van der Waals surface area contributed by atoms with E-state index in [1.54, 1.807) is 0 Å². The lowest BCUT2D eigenvalue weighted by Gasteiger charge is -2.18. The van der Waals surface area contributed by atoms with Crippen molar-refractivity contribution < 1.29 is 0 Å². The summed E-state index contributed by atoms with van der Waals surface area (Å²) in [5, 5.41) is 3.64. The van der Waals surface area contributed by atoms with Crippen LogP contribution in [0.15, 0.2) is 65.6 Å². The van der Waals surface area contributed by atoms with Gasteiger partial charge in [0.2, 0.25) is 0 Å². The molecule has 0 aliphatic heterocycles. The molecule has 0 radical (unpaired) electrons. The number of hydrogen-bond donors (Lipinski definition) is 1. The SMILES string of the molecule is CCCNC(CSc1ccccc1)c1ccccc1. The monoisotopic (exact) mass is 271 g/mol. The molecular weight excluding hydrogens is 250 g/mol. The summed E-state index contributed by atoms with van der Waals surface area (Å²) >= 11 is 1.91. The number of benzene rings is 2. The molecule has 0 aliphatic rings. The Morgan fingerprint density at radius 3 is 2.21 bits per heavy atom. The number of nitrogens with one attached hydrogen (secondary N) is 1. The Bertz CT molecular complexity index is 455. The Labute approximate surface area is 120 Å². The van der Waals surface area contributed by atoms with E-state index in [2.05, 4.69) is 72.9 Å². The minimum Gasteiger partial charge on any atom is -0.309 e. The molecule has 1 nitrogen and oxygen atoms in total. The van der Waals surface area contributed by atoms with Crippen molar-refractivity contribution in [2.75, 3.05) is 12.3 Å². The first-order valence-corrected chi connectivity index (χ1v) is 7.85. The van der Waals surface area contributed by atoms with Gasteiger partial charge in [0.05, 0.1) is 0 Å². The molecule has 2 rings (SSSR count). The highest BCUT2D eigenvalue weighted by atomic mass is 32.2. The molecule has 2 heteroatoms. The van der Waals surface area contributed by atoms with Gasteiger partial charge in [0.1, 0.15) is 0 Å². The standard InChI is InChI=1S/C17H21NS/c1-2-13-18-17(15-9-5-3-6-10-15)14-19-16-11-7-4-8-12-16/h3-12,17-18H,2,13-14H2,1H3. The fourth-order valence-corrected chi connectivity index (χ4v) is 2.99. The summed E-state index contributed by atoms with van der Waals surface area (Å²) in [6.45, 7) is 3.27. The van der Waals surface area contributed by atoms with Gasteiger partial charge in [-0.05, 0) is 30.7 Å². The van der Waals surface area contributed by atoms with E-state index in [0.29, 0.717) is 6.04 Å². The molecule has 0 fully saturated rings. The van der Waals surface area contributed by atoms with E-state index in [0.717, 1.165) is 12.3 Å². The molecule has 1 unspecified atom stereocenters. The lowest BCUT2D eigenvalue weighted by molar-refractivity contribution is 0.577. The molecule has 0 aliphatic carbocycles. The minimum absolute atomic E-state index is 0.423. The summed E-state index contributed by atoms with van der Waals surface area (Å²) in [5.41, 5.74) is 1.37. The van der Waals surface area contributed by atoms with Crippen LogP contribution in [0.25, 0.3) is 0 Å². The van der Waals surface area contributed by atoms with Crippen molar-refractivity contribution in [2.45, 2.75) is 24.3 Å². The van der Waals surface area contributed by atoms with Crippen LogP contribution in [0.3, 0.4) is 0 Å². The van der Waals surface area contributed by atoms with Crippen LogP contribution in [0, 0.1) is 0 Å². The number of thioether (sulfide) groups is 1. The maximum Gasteiger partial charge on any atom is 0.0415 e. The van der Waals surface area contributed by atoms with Gasteiger partial charge in [-0.3, -0.25) is 0 Å².